The van der Waals surface area contributed by atoms with Gasteiger partial charge in [-0.25, -0.2) is 4.79 Å². The van der Waals surface area contributed by atoms with Gasteiger partial charge in [-0.05, 0) is 77.2 Å². The molecule has 0 saturated carbocycles. The molecule has 0 saturated heterocycles. The molecule has 0 radical (unpaired) electrons. The first-order valence-electron chi connectivity index (χ1n) is 15.5. The Kier molecular flexibility index (Phi) is 25.4. The zero-order chi connectivity index (χ0) is 28.3. The smallest absolute Gasteiger partial charge is 0.326 e. The second-order valence-electron chi connectivity index (χ2n) is 10.5. The van der Waals surface area contributed by atoms with Gasteiger partial charge in [0.25, 0.3) is 0 Å². The van der Waals surface area contributed by atoms with E-state index in [-0.39, 0.29) is 18.0 Å². The van der Waals surface area contributed by atoms with Gasteiger partial charge < -0.3 is 20.9 Å². The monoisotopic (exact) mass is 538 g/mol. The van der Waals surface area contributed by atoms with E-state index in [2.05, 4.69) is 31.3 Å². The molecule has 0 spiro atoms. The number of nitrogens with one attached hydrogen (secondary N) is 1. The molecule has 7 nitrogen and oxygen atoms in total. The minimum atomic E-state index is -1.02. The zero-order valence-corrected chi connectivity index (χ0v) is 24.5. The number of nitrogens with two attached hydrogens (primary N) is 1. The Morgan fingerprint density at radius 1 is 0.737 bits per heavy atom. The number of amides is 1. The number of carboxylic acid groups (broad SMARTS) is 1. The highest BCUT2D eigenvalue weighted by Gasteiger charge is 2.19. The molecule has 222 valence electrons. The lowest BCUT2D eigenvalue weighted by molar-refractivity contribution is -0.150. The maximum atomic E-state index is 12.4. The predicted molar refractivity (Wildman–Crippen MR) is 156 cm³/mol. The molecule has 0 aliphatic rings. The Hall–Kier alpha value is -1.89. The molecule has 2 atom stereocenters. The van der Waals surface area contributed by atoms with Crippen LogP contribution < -0.4 is 11.1 Å². The Morgan fingerprint density at radius 2 is 1.32 bits per heavy atom. The van der Waals surface area contributed by atoms with Gasteiger partial charge in [0.2, 0.25) is 5.91 Å². The second-order valence-corrected chi connectivity index (χ2v) is 10.5. The number of carboxylic acids is 1. The van der Waals surface area contributed by atoms with Crippen LogP contribution in [0.2, 0.25) is 0 Å². The molecule has 0 bridgehead atoms. The van der Waals surface area contributed by atoms with Gasteiger partial charge in [0.1, 0.15) is 12.1 Å². The summed E-state index contributed by atoms with van der Waals surface area (Å²) in [5.74, 6) is -1.34. The molecule has 0 aliphatic carbocycles. The van der Waals surface area contributed by atoms with Crippen LogP contribution in [0.4, 0.5) is 0 Å². The van der Waals surface area contributed by atoms with Crippen LogP contribution in [0.25, 0.3) is 0 Å². The Morgan fingerprint density at radius 3 is 1.97 bits per heavy atom. The summed E-state index contributed by atoms with van der Waals surface area (Å²) in [6.07, 6.45) is 24.4. The average Bonchev–Trinajstić information content (AvgIpc) is 2.89. The van der Waals surface area contributed by atoms with Crippen molar-refractivity contribution in [2.45, 2.75) is 161 Å². The molecule has 0 aromatic rings. The van der Waals surface area contributed by atoms with Gasteiger partial charge in [-0.1, -0.05) is 77.4 Å². The molecule has 4 N–H and O–H groups in total. The summed E-state index contributed by atoms with van der Waals surface area (Å²) < 4.78 is 5.79. The first-order chi connectivity index (χ1) is 18.4. The van der Waals surface area contributed by atoms with Gasteiger partial charge >= 0.3 is 11.9 Å². The van der Waals surface area contributed by atoms with Crippen LogP contribution >= 0.6 is 0 Å². The number of carbonyl (C=O) groups is 3. The molecule has 2 unspecified atom stereocenters. The number of hydrogen-bond acceptors (Lipinski definition) is 5. The third-order valence-corrected chi connectivity index (χ3v) is 6.83. The number of carbonyl (C=O) groups excluding carboxylic acids is 2. The molecule has 0 aromatic heterocycles. The topological polar surface area (TPSA) is 119 Å². The summed E-state index contributed by atoms with van der Waals surface area (Å²) in [4.78, 5) is 35.7. The van der Waals surface area contributed by atoms with Crippen LogP contribution in [0.3, 0.4) is 0 Å². The standard InChI is InChI=1S/C31H58N2O5/c1-3-5-7-8-9-10-11-12-13-14-15-19-25-30(35)38-27(21-6-4-2)22-17-16-18-24-29(34)33-28(31(36)37)23-20-26-32/h9-10,27-28H,3-8,11-26,32H2,1-2H3,(H,33,34)(H,36,37)/b10-9-. The van der Waals surface area contributed by atoms with Crippen LogP contribution in [0, 0.1) is 0 Å². The van der Waals surface area contributed by atoms with E-state index in [1.807, 2.05) is 0 Å². The van der Waals surface area contributed by atoms with Crippen molar-refractivity contribution in [1.29, 1.82) is 0 Å². The van der Waals surface area contributed by atoms with Crippen molar-refractivity contribution in [1.82, 2.24) is 5.32 Å². The number of aliphatic carboxylic acids is 1. The van der Waals surface area contributed by atoms with Gasteiger partial charge in [-0.3, -0.25) is 9.59 Å². The van der Waals surface area contributed by atoms with Crippen LogP contribution in [0.15, 0.2) is 12.2 Å². The van der Waals surface area contributed by atoms with E-state index in [1.165, 1.54) is 44.9 Å². The molecule has 0 aromatic carbocycles. The normalized spacial score (nSPS) is 12.9. The fraction of sp³-hybridized carbons (Fsp3) is 0.839. The lowest BCUT2D eigenvalue weighted by atomic mass is 10.0. The minimum absolute atomic E-state index is 0.0481. The van der Waals surface area contributed by atoms with Crippen LogP contribution in [0.5, 0.6) is 0 Å². The molecular weight excluding hydrogens is 480 g/mol. The molecule has 0 aliphatic heterocycles. The number of allylic oxidation sites excluding steroid dienone is 2. The fourth-order valence-electron chi connectivity index (χ4n) is 4.43. The lowest BCUT2D eigenvalue weighted by Crippen LogP contribution is -2.40. The van der Waals surface area contributed by atoms with Crippen LogP contribution in [-0.2, 0) is 19.1 Å². The van der Waals surface area contributed by atoms with Crippen molar-refractivity contribution in [3.8, 4) is 0 Å². The largest absolute Gasteiger partial charge is 0.480 e. The third kappa shape index (κ3) is 23.2. The third-order valence-electron chi connectivity index (χ3n) is 6.83. The Bertz CT molecular complexity index is 623. The maximum absolute atomic E-state index is 12.4. The lowest BCUT2D eigenvalue weighted by Gasteiger charge is -2.18. The maximum Gasteiger partial charge on any atom is 0.326 e. The van der Waals surface area contributed by atoms with Crippen LogP contribution in [0.1, 0.15) is 149 Å². The van der Waals surface area contributed by atoms with E-state index < -0.39 is 12.0 Å². The van der Waals surface area contributed by atoms with Crippen molar-refractivity contribution in [3.05, 3.63) is 12.2 Å². The van der Waals surface area contributed by atoms with E-state index >= 15 is 0 Å². The van der Waals surface area contributed by atoms with E-state index in [9.17, 15) is 19.5 Å². The van der Waals surface area contributed by atoms with Crippen LogP contribution in [-0.4, -0.2) is 41.6 Å². The van der Waals surface area contributed by atoms with Crippen molar-refractivity contribution < 1.29 is 24.2 Å². The van der Waals surface area contributed by atoms with Gasteiger partial charge in [0.15, 0.2) is 0 Å². The summed E-state index contributed by atoms with van der Waals surface area (Å²) in [7, 11) is 0. The summed E-state index contributed by atoms with van der Waals surface area (Å²) in [5, 5.41) is 11.8. The Balaban J connectivity index is 4.00. The number of rotatable bonds is 27. The highest BCUT2D eigenvalue weighted by Crippen LogP contribution is 2.16. The molecule has 0 fully saturated rings. The molecule has 38 heavy (non-hydrogen) atoms. The first kappa shape index (κ1) is 36.1. The van der Waals surface area contributed by atoms with E-state index in [4.69, 9.17) is 10.5 Å². The van der Waals surface area contributed by atoms with E-state index in [1.54, 1.807) is 0 Å². The quantitative estimate of drug-likeness (QED) is 0.0577. The molecule has 7 heteroatoms. The summed E-state index contributed by atoms with van der Waals surface area (Å²) in [6.45, 7) is 4.77. The van der Waals surface area contributed by atoms with Crippen molar-refractivity contribution >= 4 is 17.8 Å². The molecule has 1 amide bonds. The van der Waals surface area contributed by atoms with E-state index in [0.717, 1.165) is 57.8 Å². The van der Waals surface area contributed by atoms with Gasteiger partial charge in [0, 0.05) is 12.8 Å². The number of unbranched alkanes of at least 4 members (excludes halogenated alkanes) is 11. The summed E-state index contributed by atoms with van der Waals surface area (Å²) >= 11 is 0. The fourth-order valence-corrected chi connectivity index (χ4v) is 4.43. The number of esters is 1. The van der Waals surface area contributed by atoms with Crippen molar-refractivity contribution in [2.75, 3.05) is 6.54 Å². The summed E-state index contributed by atoms with van der Waals surface area (Å²) in [5.41, 5.74) is 5.44. The van der Waals surface area contributed by atoms with Gasteiger partial charge in [0.05, 0.1) is 0 Å². The SMILES string of the molecule is CCCCC/C=C\CCCCCCCC(=O)OC(CCCC)CCCCCC(=O)NC(CCCN)C(=O)O. The van der Waals surface area contributed by atoms with E-state index in [0.29, 0.717) is 38.6 Å². The van der Waals surface area contributed by atoms with Crippen molar-refractivity contribution in [3.63, 3.8) is 0 Å². The second kappa shape index (κ2) is 26.7. The van der Waals surface area contributed by atoms with Crippen molar-refractivity contribution in [2.24, 2.45) is 5.73 Å². The average molecular weight is 539 g/mol. The van der Waals surface area contributed by atoms with Gasteiger partial charge in [-0.2, -0.15) is 0 Å². The highest BCUT2D eigenvalue weighted by molar-refractivity contribution is 5.83. The van der Waals surface area contributed by atoms with Gasteiger partial charge in [-0.15, -0.1) is 0 Å². The number of hydrogen-bond donors (Lipinski definition) is 3. The first-order valence-corrected chi connectivity index (χ1v) is 15.5. The minimum Gasteiger partial charge on any atom is -0.480 e. The molecule has 0 heterocycles. The predicted octanol–water partition coefficient (Wildman–Crippen LogP) is 7.21. The molecular formula is C31H58N2O5. The summed E-state index contributed by atoms with van der Waals surface area (Å²) in [6, 6.07) is -0.869. The Labute approximate surface area is 232 Å². The zero-order valence-electron chi connectivity index (χ0n) is 24.5. The highest BCUT2D eigenvalue weighted by atomic mass is 16.5. The molecule has 0 rings (SSSR count). The number of ether oxygens (including phenoxy) is 1.